The summed E-state index contributed by atoms with van der Waals surface area (Å²) in [4.78, 5) is 94.5. The maximum Gasteiger partial charge on any atom is 0.406 e. The summed E-state index contributed by atoms with van der Waals surface area (Å²) in [7, 11) is 12.0. The summed E-state index contributed by atoms with van der Waals surface area (Å²) in [6.07, 6.45) is 17.4. The molecule has 36 heteroatoms. The second kappa shape index (κ2) is 38.2. The lowest BCUT2D eigenvalue weighted by molar-refractivity contribution is -0.140. The number of nitrogens with zero attached hydrogens (tertiary/aromatic N) is 22. The van der Waals surface area contributed by atoms with Crippen molar-refractivity contribution in [2.45, 2.75) is 90.1 Å². The highest BCUT2D eigenvalue weighted by Crippen LogP contribution is 2.36. The molecule has 0 aliphatic carbocycles. The van der Waals surface area contributed by atoms with Crippen molar-refractivity contribution < 1.29 is 17.6 Å². The molecular weight excluding hydrogens is 1710 g/mol. The highest BCUT2D eigenvalue weighted by molar-refractivity contribution is 7.12. The SMILES string of the molecule is CN1CCC(Nc2ccc(Nc3ncc4cc(-c5ccc(-c6cccn6C)cc5F)c(=O)n(CC(F)(F)F)c4n3)cc2)CC1.Cc1nc(-c2ccnn2C)ncc1-c1cc2cnc(Nc3ccc(NC4CCCN(C)C4)cc3)nc2n(-c2ccccc2)c1=O.Cc1nn(-c2nccn2C)c(C)c1-c1cc2cnc(Nc3ccc(N(C)C4CCCNC4)cc3)nc2n(-c2nccs2)c1=O. The fourth-order valence-corrected chi connectivity index (χ4v) is 18.0. The summed E-state index contributed by atoms with van der Waals surface area (Å²) >= 11 is 1.38. The number of aryl methyl sites for hydroxylation is 5. The zero-order valence-electron chi connectivity index (χ0n) is 74.7. The van der Waals surface area contributed by atoms with E-state index in [0.29, 0.717) is 113 Å². The van der Waals surface area contributed by atoms with Crippen molar-refractivity contribution in [3.05, 3.63) is 273 Å². The van der Waals surface area contributed by atoms with E-state index in [1.807, 2.05) is 178 Å². The largest absolute Gasteiger partial charge is 0.406 e. The summed E-state index contributed by atoms with van der Waals surface area (Å²) in [5, 5.41) is 33.2. The van der Waals surface area contributed by atoms with Crippen LogP contribution in [0.5, 0.6) is 0 Å². The van der Waals surface area contributed by atoms with Crippen molar-refractivity contribution in [1.82, 2.24) is 107 Å². The Hall–Kier alpha value is -15.0. The number of alkyl halides is 3. The number of pyridine rings is 3. The van der Waals surface area contributed by atoms with Crippen LogP contribution in [0.4, 0.5) is 69.5 Å². The molecule has 6 N–H and O–H groups in total. The third-order valence-electron chi connectivity index (χ3n) is 24.4. The van der Waals surface area contributed by atoms with Crippen LogP contribution in [0.3, 0.4) is 0 Å². The van der Waals surface area contributed by atoms with Gasteiger partial charge in [-0.15, -0.1) is 11.3 Å². The predicted octanol–water partition coefficient (Wildman–Crippen LogP) is 16.0. The van der Waals surface area contributed by atoms with E-state index < -0.39 is 24.1 Å². The number of hydrogen-bond donors (Lipinski definition) is 6. The molecule has 678 valence electrons. The second-order valence-corrected chi connectivity index (χ2v) is 34.6. The van der Waals surface area contributed by atoms with Gasteiger partial charge in [0, 0.05) is 204 Å². The van der Waals surface area contributed by atoms with E-state index in [1.165, 1.54) is 61.4 Å². The summed E-state index contributed by atoms with van der Waals surface area (Å²) < 4.78 is 67.3. The molecule has 0 radical (unpaired) electrons. The number of thiazole rings is 1. The summed E-state index contributed by atoms with van der Waals surface area (Å²) in [6, 6.07) is 49.4. The van der Waals surface area contributed by atoms with Crippen LogP contribution in [-0.4, -0.2) is 187 Å². The first kappa shape index (κ1) is 88.6. The Morgan fingerprint density at radius 3 is 1.72 bits per heavy atom. The normalized spacial score (nSPS) is 15.0. The molecule has 31 nitrogen and oxygen atoms in total. The Bertz CT molecular complexity index is 7260. The molecule has 3 fully saturated rings. The fraction of sp³-hybridized carbons (Fsp3) is 0.268. The molecule has 3 aliphatic rings. The van der Waals surface area contributed by atoms with Gasteiger partial charge in [-0.25, -0.2) is 48.5 Å². The van der Waals surface area contributed by atoms with Crippen molar-refractivity contribution in [1.29, 1.82) is 0 Å². The molecule has 0 spiro atoms. The van der Waals surface area contributed by atoms with Crippen LogP contribution in [0.25, 0.3) is 106 Å². The number of aromatic nitrogens is 19. The van der Waals surface area contributed by atoms with Crippen LogP contribution in [0.2, 0.25) is 0 Å². The van der Waals surface area contributed by atoms with E-state index in [4.69, 9.17) is 20.1 Å². The van der Waals surface area contributed by atoms with Crippen molar-refractivity contribution >= 4 is 96.4 Å². The Labute approximate surface area is 766 Å². The second-order valence-electron chi connectivity index (χ2n) is 33.7. The quantitative estimate of drug-likeness (QED) is 0.0364. The fourth-order valence-electron chi connectivity index (χ4n) is 17.4. The van der Waals surface area contributed by atoms with E-state index in [0.717, 1.165) is 109 Å². The number of benzene rings is 5. The Balaban J connectivity index is 0.000000134. The highest BCUT2D eigenvalue weighted by Gasteiger charge is 2.32. The van der Waals surface area contributed by atoms with Crippen molar-refractivity contribution in [3.63, 3.8) is 0 Å². The Kier molecular flexibility index (Phi) is 25.5. The number of hydrogen-bond acceptors (Lipinski definition) is 25. The zero-order valence-corrected chi connectivity index (χ0v) is 75.5. The minimum atomic E-state index is -4.72. The number of halogens is 4. The molecule has 15 heterocycles. The van der Waals surface area contributed by atoms with Crippen LogP contribution in [-0.2, 0) is 27.7 Å². The van der Waals surface area contributed by atoms with Gasteiger partial charge in [0.2, 0.25) is 23.8 Å². The predicted molar refractivity (Wildman–Crippen MR) is 514 cm³/mol. The number of nitrogens with one attached hydrogen (secondary N) is 6. The molecule has 20 rings (SSSR count). The number of anilines is 9. The topological polar surface area (TPSA) is 322 Å². The monoisotopic (exact) mass is 1810 g/mol. The molecule has 133 heavy (non-hydrogen) atoms. The van der Waals surface area contributed by atoms with E-state index in [9.17, 15) is 27.6 Å². The van der Waals surface area contributed by atoms with Gasteiger partial charge in [-0.2, -0.15) is 38.3 Å². The zero-order chi connectivity index (χ0) is 92.3. The summed E-state index contributed by atoms with van der Waals surface area (Å²) in [6.45, 7) is 10.5. The van der Waals surface area contributed by atoms with Gasteiger partial charge in [-0.1, -0.05) is 30.3 Å². The van der Waals surface area contributed by atoms with Crippen molar-refractivity contribution in [2.75, 3.05) is 91.9 Å². The van der Waals surface area contributed by atoms with E-state index in [2.05, 4.69) is 132 Å². The van der Waals surface area contributed by atoms with Crippen molar-refractivity contribution in [3.8, 4) is 72.9 Å². The molecule has 12 aromatic heterocycles. The molecule has 2 atom stereocenters. The van der Waals surface area contributed by atoms with E-state index in [1.54, 1.807) is 61.7 Å². The van der Waals surface area contributed by atoms with Gasteiger partial charge in [-0.05, 0) is 227 Å². The average Bonchev–Trinajstić information content (AvgIpc) is 1.73. The van der Waals surface area contributed by atoms with Gasteiger partial charge < -0.3 is 55.7 Å². The first-order valence-electron chi connectivity index (χ1n) is 43.9. The lowest BCUT2D eigenvalue weighted by Crippen LogP contribution is -2.44. The third-order valence-corrected chi connectivity index (χ3v) is 25.1. The van der Waals surface area contributed by atoms with Crippen LogP contribution in [0.15, 0.2) is 233 Å². The number of fused-ring (bicyclic) bond motifs is 3. The first-order valence-corrected chi connectivity index (χ1v) is 44.7. The minimum absolute atomic E-state index is 0.0229. The number of likely N-dealkylation sites (tertiary alicyclic amines) is 2. The smallest absolute Gasteiger partial charge is 0.382 e. The summed E-state index contributed by atoms with van der Waals surface area (Å²) in [5.41, 5.74) is 11.9. The number of piperidine rings is 3. The van der Waals surface area contributed by atoms with Gasteiger partial charge in [0.1, 0.15) is 23.7 Å². The molecule has 17 aromatic rings. The molecule has 0 bridgehead atoms. The molecule has 0 amide bonds. The maximum atomic E-state index is 15.4. The molecule has 2 unspecified atom stereocenters. The third kappa shape index (κ3) is 19.5. The number of imidazole rings is 1. The number of likely N-dealkylation sites (N-methyl/N-ethyl adjacent to an activating group) is 2. The van der Waals surface area contributed by atoms with Crippen LogP contribution in [0.1, 0.15) is 55.6 Å². The van der Waals surface area contributed by atoms with Crippen LogP contribution < -0.4 is 53.5 Å². The maximum absolute atomic E-state index is 15.4. The average molecular weight is 1810 g/mol. The molecule has 3 aliphatic heterocycles. The lowest BCUT2D eigenvalue weighted by Gasteiger charge is -2.33. The highest BCUT2D eigenvalue weighted by atomic mass is 32.1. The number of para-hydroxylation sites is 1. The minimum Gasteiger partial charge on any atom is -0.382 e. The van der Waals surface area contributed by atoms with E-state index >= 15 is 4.39 Å². The Morgan fingerprint density at radius 2 is 1.14 bits per heavy atom. The number of rotatable bonds is 21. The van der Waals surface area contributed by atoms with Crippen LogP contribution >= 0.6 is 11.3 Å². The first-order chi connectivity index (χ1) is 64.3. The van der Waals surface area contributed by atoms with Gasteiger partial charge in [-0.3, -0.25) is 28.2 Å². The molecule has 0 saturated carbocycles. The molecule has 3 saturated heterocycles. The van der Waals surface area contributed by atoms with Gasteiger partial charge in [0.15, 0.2) is 22.3 Å². The summed E-state index contributed by atoms with van der Waals surface area (Å²) in [5.74, 6) is 1.30. The van der Waals surface area contributed by atoms with Gasteiger partial charge >= 0.3 is 6.18 Å². The van der Waals surface area contributed by atoms with Gasteiger partial charge in [0.05, 0.1) is 33.8 Å². The Morgan fingerprint density at radius 1 is 0.526 bits per heavy atom. The molecule has 5 aromatic carbocycles. The molecular formula is C97H98F4N28O3S. The lowest BCUT2D eigenvalue weighted by atomic mass is 10.0. The van der Waals surface area contributed by atoms with Gasteiger partial charge in [0.25, 0.3) is 16.7 Å². The van der Waals surface area contributed by atoms with Crippen LogP contribution in [0, 0.1) is 26.6 Å². The van der Waals surface area contributed by atoms with Crippen molar-refractivity contribution in [2.24, 2.45) is 21.1 Å². The standard InChI is InChI=1S/C34H34N10O.C32H31F4N7O.C31H33N11OS/c1-22-29(20-35-31(38-22)30-15-16-37-43(30)3)28-18-23-19-36-34(41-32(23)44(33(28)45)27-9-5-4-6-10-27)40-25-13-11-24(12-14-25)39-26-8-7-17-42(2)21-26;1-41-14-11-24(12-15-41)38-22-6-8-23(9-7-22)39-31-37-18-21-16-26(30(44)43(29(21)40-31)19-32(34,35)36)25-10-5-20(17-27(25)33)28-4-3-13-42(28)2;1-19-26(20(2)42(38-19)30-33-12-14-39(30)3)25-16-21-17-35-29(37-27(21)41(28(25)43)31-34-13-15-44-31)36-22-7-9-23(10-8-22)40(4)24-6-5-11-32-18-24/h4-6,9-16,18-20,26,39H,7-8,17,21H2,1-3H3,(H,36,40,41);3-10,13,16-18,24,38H,11-12,14-15,19H2,1-2H3,(H,37,39,40);7-10,12-17,24,32H,5-6,11,18H2,1-4H3,(H,35,36,37). The van der Waals surface area contributed by atoms with E-state index in [-0.39, 0.29) is 39.2 Å².